The van der Waals surface area contributed by atoms with Crippen LogP contribution in [0.2, 0.25) is 0 Å². The molecule has 1 aliphatic heterocycles. The van der Waals surface area contributed by atoms with Crippen LogP contribution in [0.4, 0.5) is 0 Å². The van der Waals surface area contributed by atoms with Crippen LogP contribution >= 0.6 is 0 Å². The third-order valence-electron chi connectivity index (χ3n) is 0.835. The lowest BCUT2D eigenvalue weighted by atomic mass is 10.7. The molecule has 0 aromatic carbocycles. The van der Waals surface area contributed by atoms with Crippen LogP contribution < -0.4 is 4.72 Å². The van der Waals surface area contributed by atoms with Crippen molar-refractivity contribution in [2.45, 2.75) is 6.92 Å². The van der Waals surface area contributed by atoms with Crippen molar-refractivity contribution in [3.05, 3.63) is 0 Å². The molecule has 0 amide bonds. The quantitative estimate of drug-likeness (QED) is 0.489. The van der Waals surface area contributed by atoms with Gasteiger partial charge < -0.3 is 0 Å². The van der Waals surface area contributed by atoms with Crippen molar-refractivity contribution < 1.29 is 8.42 Å². The number of aliphatic imine (C=N–C) groups is 1. The molecule has 6 heteroatoms. The molecule has 0 saturated carbocycles. The summed E-state index contributed by atoms with van der Waals surface area (Å²) in [5, 5.41) is 0. The van der Waals surface area contributed by atoms with Crippen molar-refractivity contribution in [2.24, 2.45) is 9.39 Å². The summed E-state index contributed by atoms with van der Waals surface area (Å²) in [7, 11) is -3.51. The fourth-order valence-corrected chi connectivity index (χ4v) is 1.13. The molecule has 0 bridgehead atoms. The predicted octanol–water partition coefficient (Wildman–Crippen LogP) is -0.716. The standard InChI is InChI=1S/C5H5N3O2S/c1-2-3-6-5-4-7-11(9,10)8-5/h4H,1H3,(H,6,8). The van der Waals surface area contributed by atoms with Crippen molar-refractivity contribution in [2.75, 3.05) is 0 Å². The molecule has 1 aliphatic rings. The van der Waals surface area contributed by atoms with Crippen LogP contribution in [0.3, 0.4) is 0 Å². The van der Waals surface area contributed by atoms with Crippen molar-refractivity contribution >= 4 is 22.3 Å². The van der Waals surface area contributed by atoms with Crippen LogP contribution in [0.15, 0.2) is 9.39 Å². The first-order valence-corrected chi connectivity index (χ1v) is 4.15. The van der Waals surface area contributed by atoms with Crippen molar-refractivity contribution in [3.8, 4) is 12.0 Å². The average Bonchev–Trinajstić information content (AvgIpc) is 2.26. The Kier molecular flexibility index (Phi) is 1.92. The van der Waals surface area contributed by atoms with E-state index >= 15 is 0 Å². The smallest absolute Gasteiger partial charge is 0.247 e. The zero-order valence-corrected chi connectivity index (χ0v) is 6.51. The van der Waals surface area contributed by atoms with Crippen LogP contribution in [0.25, 0.3) is 0 Å². The number of rotatable bonds is 0. The number of nitrogens with one attached hydrogen (secondary N) is 1. The van der Waals surface area contributed by atoms with E-state index in [1.165, 1.54) is 0 Å². The molecule has 0 aromatic heterocycles. The Bertz CT molecular complexity index is 368. The Hall–Kier alpha value is -1.35. The van der Waals surface area contributed by atoms with E-state index in [0.717, 1.165) is 6.21 Å². The molecule has 1 rings (SSSR count). The van der Waals surface area contributed by atoms with Gasteiger partial charge in [-0.3, -0.25) is 0 Å². The minimum atomic E-state index is -3.51. The van der Waals surface area contributed by atoms with E-state index in [0.29, 0.717) is 0 Å². The van der Waals surface area contributed by atoms with Gasteiger partial charge in [-0.25, -0.2) is 4.72 Å². The van der Waals surface area contributed by atoms with E-state index in [4.69, 9.17) is 0 Å². The zero-order chi connectivity index (χ0) is 8.32. The van der Waals surface area contributed by atoms with E-state index in [2.05, 4.69) is 26.1 Å². The monoisotopic (exact) mass is 171 g/mol. The maximum Gasteiger partial charge on any atom is 0.343 e. The van der Waals surface area contributed by atoms with Crippen LogP contribution in [-0.2, 0) is 10.2 Å². The molecule has 58 valence electrons. The first-order chi connectivity index (χ1) is 5.14. The number of amidine groups is 1. The molecule has 0 fully saturated rings. The summed E-state index contributed by atoms with van der Waals surface area (Å²) >= 11 is 0. The van der Waals surface area contributed by atoms with Gasteiger partial charge in [0.25, 0.3) is 0 Å². The third-order valence-corrected chi connectivity index (χ3v) is 1.69. The summed E-state index contributed by atoms with van der Waals surface area (Å²) in [5.41, 5.74) is 0. The Morgan fingerprint density at radius 3 is 2.91 bits per heavy atom. The molecule has 0 aliphatic carbocycles. The van der Waals surface area contributed by atoms with E-state index in [1.807, 2.05) is 0 Å². The summed E-state index contributed by atoms with van der Waals surface area (Å²) in [6.45, 7) is 1.60. The molecule has 0 saturated heterocycles. The van der Waals surface area contributed by atoms with Crippen molar-refractivity contribution in [1.82, 2.24) is 4.72 Å². The van der Waals surface area contributed by atoms with Gasteiger partial charge in [-0.15, -0.1) is 4.40 Å². The van der Waals surface area contributed by atoms with Gasteiger partial charge in [0.1, 0.15) is 0 Å². The van der Waals surface area contributed by atoms with Gasteiger partial charge in [0, 0.05) is 6.04 Å². The second kappa shape index (κ2) is 2.72. The topological polar surface area (TPSA) is 70.9 Å². The average molecular weight is 171 g/mol. The van der Waals surface area contributed by atoms with Crippen LogP contribution in [0.5, 0.6) is 0 Å². The molecule has 5 nitrogen and oxygen atoms in total. The van der Waals surface area contributed by atoms with E-state index in [1.54, 1.807) is 6.92 Å². The summed E-state index contributed by atoms with van der Waals surface area (Å²) in [4.78, 5) is 3.55. The molecule has 0 atom stereocenters. The summed E-state index contributed by atoms with van der Waals surface area (Å²) in [5.74, 6) is 2.64. The maximum atomic E-state index is 10.6. The fraction of sp³-hybridized carbons (Fsp3) is 0.200. The lowest BCUT2D eigenvalue weighted by Crippen LogP contribution is -2.22. The minimum absolute atomic E-state index is 0.152. The molecule has 1 N–H and O–H groups in total. The lowest BCUT2D eigenvalue weighted by molar-refractivity contribution is 0.596. The van der Waals surface area contributed by atoms with E-state index in [9.17, 15) is 8.42 Å². The Morgan fingerprint density at radius 2 is 2.45 bits per heavy atom. The number of hydrogen-bond donors (Lipinski definition) is 1. The molecule has 1 heterocycles. The normalized spacial score (nSPS) is 22.5. The highest BCUT2D eigenvalue weighted by molar-refractivity contribution is 7.89. The van der Waals surface area contributed by atoms with Crippen LogP contribution in [0, 0.1) is 12.0 Å². The summed E-state index contributed by atoms with van der Waals surface area (Å²) in [6, 6.07) is 2.35. The molecule has 0 aromatic rings. The molecule has 11 heavy (non-hydrogen) atoms. The number of hydrogen-bond acceptors (Lipinski definition) is 3. The maximum absolute atomic E-state index is 10.6. The number of nitrogens with zero attached hydrogens (tertiary/aromatic N) is 2. The van der Waals surface area contributed by atoms with Gasteiger partial charge >= 0.3 is 10.2 Å². The molecular weight excluding hydrogens is 166 g/mol. The molecule has 0 spiro atoms. The Labute approximate surface area is 64.4 Å². The predicted molar refractivity (Wildman–Crippen MR) is 41.4 cm³/mol. The van der Waals surface area contributed by atoms with Gasteiger partial charge in [-0.2, -0.15) is 13.4 Å². The summed E-state index contributed by atoms with van der Waals surface area (Å²) < 4.78 is 26.3. The second-order valence-electron chi connectivity index (χ2n) is 1.67. The highest BCUT2D eigenvalue weighted by atomic mass is 32.2. The van der Waals surface area contributed by atoms with E-state index in [-0.39, 0.29) is 5.84 Å². The highest BCUT2D eigenvalue weighted by Gasteiger charge is 2.15. The zero-order valence-electron chi connectivity index (χ0n) is 5.70. The summed E-state index contributed by atoms with van der Waals surface area (Å²) in [6.07, 6.45) is 1.11. The van der Waals surface area contributed by atoms with Gasteiger partial charge in [-0.1, -0.05) is 5.92 Å². The molecule has 0 radical (unpaired) electrons. The Morgan fingerprint density at radius 1 is 1.73 bits per heavy atom. The SMILES string of the molecule is CC#CN=C1C=NS(=O)(=O)N1. The van der Waals surface area contributed by atoms with Gasteiger partial charge in [-0.05, 0) is 6.92 Å². The van der Waals surface area contributed by atoms with Crippen LogP contribution in [0.1, 0.15) is 6.92 Å². The van der Waals surface area contributed by atoms with Gasteiger partial charge in [0.05, 0.1) is 6.21 Å². The fourth-order valence-electron chi connectivity index (χ4n) is 0.472. The van der Waals surface area contributed by atoms with Crippen molar-refractivity contribution in [3.63, 3.8) is 0 Å². The largest absolute Gasteiger partial charge is 0.343 e. The van der Waals surface area contributed by atoms with E-state index < -0.39 is 10.2 Å². The molecule has 0 unspecified atom stereocenters. The van der Waals surface area contributed by atoms with Gasteiger partial charge in [0.2, 0.25) is 0 Å². The van der Waals surface area contributed by atoms with Crippen molar-refractivity contribution in [1.29, 1.82) is 0 Å². The first-order valence-electron chi connectivity index (χ1n) is 2.71. The van der Waals surface area contributed by atoms with Crippen LogP contribution in [-0.4, -0.2) is 20.5 Å². The third kappa shape index (κ3) is 2.05. The molecular formula is C5H5N3O2S. The highest BCUT2D eigenvalue weighted by Crippen LogP contribution is 1.92. The lowest BCUT2D eigenvalue weighted by Gasteiger charge is -1.88. The van der Waals surface area contributed by atoms with Gasteiger partial charge in [0.15, 0.2) is 5.84 Å². The second-order valence-corrected chi connectivity index (χ2v) is 3.04. The minimum Gasteiger partial charge on any atom is -0.247 e. The first kappa shape index (κ1) is 7.75. The Balaban J connectivity index is 2.85.